The summed E-state index contributed by atoms with van der Waals surface area (Å²) in [7, 11) is 0. The van der Waals surface area contributed by atoms with Crippen molar-refractivity contribution in [2.45, 2.75) is 45.1 Å². The van der Waals surface area contributed by atoms with Crippen LogP contribution < -0.4 is 5.32 Å². The molecule has 112 valence electrons. The van der Waals surface area contributed by atoms with Crippen molar-refractivity contribution in [1.82, 2.24) is 10.2 Å². The highest BCUT2D eigenvalue weighted by Gasteiger charge is 2.28. The summed E-state index contributed by atoms with van der Waals surface area (Å²) >= 11 is 0. The molecule has 2 rings (SSSR count). The van der Waals surface area contributed by atoms with Gasteiger partial charge in [0.1, 0.15) is 0 Å². The van der Waals surface area contributed by atoms with Crippen molar-refractivity contribution in [3.8, 4) is 0 Å². The standard InChI is InChI=1S/C15H24N2O3/c1-2-3-11-6-8-17(9-7-11)15(20)16-13-5-4-12(10-13)14(18)19/h4-5,11-13H,2-3,6-10H2,1H3,(H,16,20)(H,18,19). The fourth-order valence-corrected chi connectivity index (χ4v) is 3.07. The highest BCUT2D eigenvalue weighted by Crippen LogP contribution is 2.22. The zero-order chi connectivity index (χ0) is 14.5. The smallest absolute Gasteiger partial charge is 0.317 e. The quantitative estimate of drug-likeness (QED) is 0.776. The Balaban J connectivity index is 1.74. The third kappa shape index (κ3) is 3.74. The molecule has 2 N–H and O–H groups in total. The summed E-state index contributed by atoms with van der Waals surface area (Å²) in [6, 6.07) is -0.197. The summed E-state index contributed by atoms with van der Waals surface area (Å²) in [5.74, 6) is -0.527. The molecule has 0 saturated carbocycles. The number of carbonyl (C=O) groups excluding carboxylic acids is 1. The number of hydrogen-bond acceptors (Lipinski definition) is 2. The summed E-state index contributed by atoms with van der Waals surface area (Å²) in [5, 5.41) is 11.8. The maximum Gasteiger partial charge on any atom is 0.317 e. The second-order valence-electron chi connectivity index (χ2n) is 5.84. The fraction of sp³-hybridized carbons (Fsp3) is 0.733. The Morgan fingerprint density at radius 3 is 2.55 bits per heavy atom. The van der Waals surface area contributed by atoms with Gasteiger partial charge < -0.3 is 15.3 Å². The van der Waals surface area contributed by atoms with Crippen molar-refractivity contribution >= 4 is 12.0 Å². The molecule has 0 aromatic heterocycles. The van der Waals surface area contributed by atoms with Gasteiger partial charge in [-0.05, 0) is 25.2 Å². The average Bonchev–Trinajstić information content (AvgIpc) is 2.88. The minimum absolute atomic E-state index is 0.0550. The second kappa shape index (κ2) is 6.77. The third-order valence-corrected chi connectivity index (χ3v) is 4.31. The summed E-state index contributed by atoms with van der Waals surface area (Å²) in [6.07, 6.45) is 8.55. The molecular weight excluding hydrogens is 256 g/mol. The normalized spacial score (nSPS) is 26.8. The van der Waals surface area contributed by atoms with Gasteiger partial charge in [0.15, 0.2) is 0 Å². The van der Waals surface area contributed by atoms with E-state index in [0.29, 0.717) is 6.42 Å². The van der Waals surface area contributed by atoms with E-state index in [2.05, 4.69) is 12.2 Å². The van der Waals surface area contributed by atoms with E-state index in [1.807, 2.05) is 4.90 Å². The predicted octanol–water partition coefficient (Wildman–Crippen LogP) is 2.24. The highest BCUT2D eigenvalue weighted by atomic mass is 16.4. The Bertz CT molecular complexity index is 387. The Kier molecular flexibility index (Phi) is 5.04. The lowest BCUT2D eigenvalue weighted by molar-refractivity contribution is -0.140. The van der Waals surface area contributed by atoms with Crippen LogP contribution in [0.5, 0.6) is 0 Å². The molecule has 1 saturated heterocycles. The number of likely N-dealkylation sites (tertiary alicyclic amines) is 1. The first-order chi connectivity index (χ1) is 9.60. The van der Waals surface area contributed by atoms with Crippen LogP contribution in [0.2, 0.25) is 0 Å². The van der Waals surface area contributed by atoms with Gasteiger partial charge in [0.05, 0.1) is 12.0 Å². The Hall–Kier alpha value is -1.52. The first kappa shape index (κ1) is 14.9. The van der Waals surface area contributed by atoms with E-state index in [-0.39, 0.29) is 12.1 Å². The number of rotatable bonds is 4. The molecule has 0 spiro atoms. The summed E-state index contributed by atoms with van der Waals surface area (Å²) in [4.78, 5) is 24.8. The Labute approximate surface area is 120 Å². The van der Waals surface area contributed by atoms with Crippen LogP contribution in [0.4, 0.5) is 4.79 Å². The van der Waals surface area contributed by atoms with Gasteiger partial charge in [-0.2, -0.15) is 0 Å². The van der Waals surface area contributed by atoms with Gasteiger partial charge in [-0.1, -0.05) is 31.9 Å². The molecule has 2 unspecified atom stereocenters. The molecule has 5 nitrogen and oxygen atoms in total. The van der Waals surface area contributed by atoms with E-state index in [4.69, 9.17) is 5.11 Å². The first-order valence-electron chi connectivity index (χ1n) is 7.56. The van der Waals surface area contributed by atoms with Crippen LogP contribution in [0, 0.1) is 11.8 Å². The predicted molar refractivity (Wildman–Crippen MR) is 76.4 cm³/mol. The summed E-state index contributed by atoms with van der Waals surface area (Å²) in [6.45, 7) is 3.83. The zero-order valence-corrected chi connectivity index (χ0v) is 12.0. The number of aliphatic carboxylic acids is 1. The number of piperidine rings is 1. The van der Waals surface area contributed by atoms with Crippen LogP contribution in [0.1, 0.15) is 39.0 Å². The van der Waals surface area contributed by atoms with Gasteiger partial charge in [-0.15, -0.1) is 0 Å². The molecule has 0 aromatic rings. The van der Waals surface area contributed by atoms with Crippen LogP contribution in [-0.2, 0) is 4.79 Å². The maximum atomic E-state index is 12.1. The lowest BCUT2D eigenvalue weighted by atomic mass is 9.93. The van der Waals surface area contributed by atoms with Gasteiger partial charge in [0, 0.05) is 13.1 Å². The minimum Gasteiger partial charge on any atom is -0.481 e. The Morgan fingerprint density at radius 2 is 2.00 bits per heavy atom. The maximum absolute atomic E-state index is 12.1. The number of nitrogens with zero attached hydrogens (tertiary/aromatic N) is 1. The van der Waals surface area contributed by atoms with Crippen LogP contribution in [0.25, 0.3) is 0 Å². The molecule has 0 aromatic carbocycles. The van der Waals surface area contributed by atoms with Crippen molar-refractivity contribution in [1.29, 1.82) is 0 Å². The molecule has 2 amide bonds. The number of carboxylic acid groups (broad SMARTS) is 1. The van der Waals surface area contributed by atoms with E-state index in [0.717, 1.165) is 31.8 Å². The fourth-order valence-electron chi connectivity index (χ4n) is 3.07. The van der Waals surface area contributed by atoms with Crippen LogP contribution in [-0.4, -0.2) is 41.1 Å². The van der Waals surface area contributed by atoms with E-state index < -0.39 is 11.9 Å². The first-order valence-corrected chi connectivity index (χ1v) is 7.56. The van der Waals surface area contributed by atoms with Crippen LogP contribution in [0.3, 0.4) is 0 Å². The van der Waals surface area contributed by atoms with Gasteiger partial charge in [-0.25, -0.2) is 4.79 Å². The summed E-state index contributed by atoms with van der Waals surface area (Å²) in [5.41, 5.74) is 0. The summed E-state index contributed by atoms with van der Waals surface area (Å²) < 4.78 is 0. The van der Waals surface area contributed by atoms with E-state index >= 15 is 0 Å². The lowest BCUT2D eigenvalue weighted by Gasteiger charge is -2.32. The van der Waals surface area contributed by atoms with E-state index in [1.165, 1.54) is 12.8 Å². The van der Waals surface area contributed by atoms with Crippen LogP contribution >= 0.6 is 0 Å². The van der Waals surface area contributed by atoms with Gasteiger partial charge in [-0.3, -0.25) is 4.79 Å². The van der Waals surface area contributed by atoms with Crippen molar-refractivity contribution in [2.75, 3.05) is 13.1 Å². The second-order valence-corrected chi connectivity index (χ2v) is 5.84. The number of nitrogens with one attached hydrogen (secondary N) is 1. The molecule has 2 aliphatic rings. The van der Waals surface area contributed by atoms with E-state index in [9.17, 15) is 9.59 Å². The SMILES string of the molecule is CCCC1CCN(C(=O)NC2C=CC(C(=O)O)C2)CC1. The number of carboxylic acids is 1. The van der Waals surface area contributed by atoms with E-state index in [1.54, 1.807) is 12.2 Å². The van der Waals surface area contributed by atoms with Crippen molar-refractivity contribution < 1.29 is 14.7 Å². The molecule has 1 heterocycles. The molecule has 0 radical (unpaired) electrons. The molecule has 1 aliphatic heterocycles. The van der Waals surface area contributed by atoms with Crippen molar-refractivity contribution in [3.63, 3.8) is 0 Å². The third-order valence-electron chi connectivity index (χ3n) is 4.31. The molecule has 1 aliphatic carbocycles. The largest absolute Gasteiger partial charge is 0.481 e. The minimum atomic E-state index is -0.821. The Morgan fingerprint density at radius 1 is 1.30 bits per heavy atom. The van der Waals surface area contributed by atoms with Gasteiger partial charge in [0.2, 0.25) is 0 Å². The molecule has 5 heteroatoms. The van der Waals surface area contributed by atoms with Gasteiger partial charge in [0.25, 0.3) is 0 Å². The van der Waals surface area contributed by atoms with Crippen molar-refractivity contribution in [2.24, 2.45) is 11.8 Å². The molecule has 20 heavy (non-hydrogen) atoms. The number of amides is 2. The number of urea groups is 1. The van der Waals surface area contributed by atoms with Crippen molar-refractivity contribution in [3.05, 3.63) is 12.2 Å². The number of carbonyl (C=O) groups is 2. The molecule has 2 atom stereocenters. The molecule has 1 fully saturated rings. The van der Waals surface area contributed by atoms with Gasteiger partial charge >= 0.3 is 12.0 Å². The number of hydrogen-bond donors (Lipinski definition) is 2. The topological polar surface area (TPSA) is 69.6 Å². The van der Waals surface area contributed by atoms with Crippen LogP contribution in [0.15, 0.2) is 12.2 Å². The zero-order valence-electron chi connectivity index (χ0n) is 12.0. The molecular formula is C15H24N2O3. The molecule has 0 bridgehead atoms. The average molecular weight is 280 g/mol. The lowest BCUT2D eigenvalue weighted by Crippen LogP contribution is -2.47. The highest BCUT2D eigenvalue weighted by molar-refractivity contribution is 5.76. The monoisotopic (exact) mass is 280 g/mol.